The number of amides is 2. The zero-order valence-corrected chi connectivity index (χ0v) is 22.3. The summed E-state index contributed by atoms with van der Waals surface area (Å²) in [6, 6.07) is 22.8. The molecule has 0 bridgehead atoms. The maximum absolute atomic E-state index is 13.5. The van der Waals surface area contributed by atoms with Gasteiger partial charge in [0.25, 0.3) is 11.8 Å². The highest BCUT2D eigenvalue weighted by Gasteiger charge is 2.25. The summed E-state index contributed by atoms with van der Waals surface area (Å²) in [4.78, 5) is 28.8. The molecule has 1 atom stereocenters. The first-order valence-corrected chi connectivity index (χ1v) is 13.0. The molecule has 2 N–H and O–H groups in total. The van der Waals surface area contributed by atoms with Crippen molar-refractivity contribution in [3.63, 3.8) is 0 Å². The highest BCUT2D eigenvalue weighted by atomic mass is 35.5. The molecule has 3 aromatic carbocycles. The Bertz CT molecular complexity index is 1230. The van der Waals surface area contributed by atoms with Crippen molar-refractivity contribution in [3.05, 3.63) is 83.9 Å². The van der Waals surface area contributed by atoms with Crippen molar-refractivity contribution in [2.45, 2.75) is 17.8 Å². The molecule has 1 unspecified atom stereocenters. The van der Waals surface area contributed by atoms with Gasteiger partial charge in [-0.15, -0.1) is 0 Å². The fourth-order valence-corrected chi connectivity index (χ4v) is 4.56. The molecule has 0 saturated carbocycles. The summed E-state index contributed by atoms with van der Waals surface area (Å²) < 4.78 is 5.53. The van der Waals surface area contributed by atoms with Gasteiger partial charge in [-0.1, -0.05) is 65.7 Å². The van der Waals surface area contributed by atoms with Gasteiger partial charge in [-0.05, 0) is 42.8 Å². The average Bonchev–Trinajstić information content (AvgIpc) is 2.93. The highest BCUT2D eigenvalue weighted by Crippen LogP contribution is 2.31. The summed E-state index contributed by atoms with van der Waals surface area (Å²) in [5.74, 6) is 0.0522. The Morgan fingerprint density at radius 3 is 2.14 bits per heavy atom. The number of halogens is 2. The summed E-state index contributed by atoms with van der Waals surface area (Å²) in [5.41, 5.74) is 3.76. The Balaban J connectivity index is 1.56. The molecule has 1 aliphatic rings. The number of carbonyl (C=O) groups is 2. The molecule has 0 aliphatic carbocycles. The summed E-state index contributed by atoms with van der Waals surface area (Å²) >= 11 is 11.4. The second-order valence-electron chi connectivity index (χ2n) is 8.77. The number of nitrogens with one attached hydrogen (secondary N) is 2. The summed E-state index contributed by atoms with van der Waals surface area (Å²) in [6.07, 6.45) is 0. The van der Waals surface area contributed by atoms with E-state index in [2.05, 4.69) is 26.5 Å². The van der Waals surface area contributed by atoms with Crippen LogP contribution in [0.4, 0.5) is 17.1 Å². The lowest BCUT2D eigenvalue weighted by molar-refractivity contribution is -0.114. The normalized spacial score (nSPS) is 14.3. The quantitative estimate of drug-likeness (QED) is 0.381. The Hall–Kier alpha value is -3.42. The number of anilines is 3. The molecule has 2 amide bonds. The number of carbonyl (C=O) groups excluding carboxylic acids is 2. The van der Waals surface area contributed by atoms with Crippen LogP contribution in [0.5, 0.6) is 5.75 Å². The maximum atomic E-state index is 13.5. The van der Waals surface area contributed by atoms with E-state index < -0.39 is 10.7 Å². The molecule has 1 heterocycles. The van der Waals surface area contributed by atoms with E-state index in [0.29, 0.717) is 24.3 Å². The molecule has 0 aromatic heterocycles. The third-order valence-corrected chi connectivity index (χ3v) is 6.80. The second-order valence-corrected chi connectivity index (χ2v) is 9.87. The number of hydrogen-bond acceptors (Lipinski definition) is 5. The first-order valence-electron chi connectivity index (χ1n) is 12.1. The number of piperazine rings is 1. The predicted octanol–water partition coefficient (Wildman–Crippen LogP) is 5.26. The SMILES string of the molecule is COc1ccccc1N1CCN(c2ccc(NC(=O)C(Cl)Cl)cc2C(=O)NC(C)c2ccccc2)CC1. The summed E-state index contributed by atoms with van der Waals surface area (Å²) in [6.45, 7) is 4.89. The van der Waals surface area contributed by atoms with Crippen LogP contribution in [0.3, 0.4) is 0 Å². The molecule has 1 saturated heterocycles. The Labute approximate surface area is 227 Å². The van der Waals surface area contributed by atoms with Crippen LogP contribution in [0, 0.1) is 0 Å². The molecule has 4 rings (SSSR count). The minimum Gasteiger partial charge on any atom is -0.495 e. The molecule has 9 heteroatoms. The third kappa shape index (κ3) is 6.48. The van der Waals surface area contributed by atoms with Crippen molar-refractivity contribution in [2.75, 3.05) is 48.4 Å². The van der Waals surface area contributed by atoms with Gasteiger partial charge in [0.15, 0.2) is 4.84 Å². The first kappa shape index (κ1) is 26.6. The largest absolute Gasteiger partial charge is 0.495 e. The van der Waals surface area contributed by atoms with Crippen molar-refractivity contribution in [1.29, 1.82) is 0 Å². The molecule has 1 fully saturated rings. The second kappa shape index (κ2) is 12.2. The van der Waals surface area contributed by atoms with E-state index in [0.717, 1.165) is 35.8 Å². The number of nitrogens with zero attached hydrogens (tertiary/aromatic N) is 2. The lowest BCUT2D eigenvalue weighted by Gasteiger charge is -2.38. The van der Waals surface area contributed by atoms with E-state index in [1.54, 1.807) is 19.2 Å². The maximum Gasteiger partial charge on any atom is 0.257 e. The Kier molecular flexibility index (Phi) is 8.79. The molecular formula is C28H30Cl2N4O3. The van der Waals surface area contributed by atoms with Gasteiger partial charge in [0, 0.05) is 37.6 Å². The summed E-state index contributed by atoms with van der Waals surface area (Å²) in [5, 5.41) is 5.76. The minimum atomic E-state index is -1.21. The Morgan fingerprint density at radius 2 is 1.49 bits per heavy atom. The predicted molar refractivity (Wildman–Crippen MR) is 150 cm³/mol. The van der Waals surface area contributed by atoms with Gasteiger partial charge in [0.1, 0.15) is 5.75 Å². The van der Waals surface area contributed by atoms with E-state index in [4.69, 9.17) is 27.9 Å². The van der Waals surface area contributed by atoms with Gasteiger partial charge >= 0.3 is 0 Å². The molecule has 0 spiro atoms. The highest BCUT2D eigenvalue weighted by molar-refractivity contribution is 6.54. The van der Waals surface area contributed by atoms with E-state index in [9.17, 15) is 9.59 Å². The smallest absolute Gasteiger partial charge is 0.257 e. The van der Waals surface area contributed by atoms with Gasteiger partial charge in [-0.3, -0.25) is 9.59 Å². The number of benzene rings is 3. The summed E-state index contributed by atoms with van der Waals surface area (Å²) in [7, 11) is 1.67. The van der Waals surface area contributed by atoms with E-state index in [1.165, 1.54) is 0 Å². The van der Waals surface area contributed by atoms with Crippen molar-refractivity contribution >= 4 is 52.1 Å². The van der Waals surface area contributed by atoms with Crippen LogP contribution in [0.25, 0.3) is 0 Å². The molecule has 194 valence electrons. The number of rotatable bonds is 8. The monoisotopic (exact) mass is 540 g/mol. The molecule has 1 aliphatic heterocycles. The van der Waals surface area contributed by atoms with Crippen LogP contribution >= 0.6 is 23.2 Å². The minimum absolute atomic E-state index is 0.197. The molecule has 3 aromatic rings. The van der Waals surface area contributed by atoms with Crippen molar-refractivity contribution in [1.82, 2.24) is 5.32 Å². The van der Waals surface area contributed by atoms with Crippen molar-refractivity contribution in [2.24, 2.45) is 0 Å². The van der Waals surface area contributed by atoms with Crippen LogP contribution in [0.1, 0.15) is 28.9 Å². The van der Waals surface area contributed by atoms with Crippen LogP contribution < -0.4 is 25.2 Å². The van der Waals surface area contributed by atoms with Gasteiger partial charge in [-0.2, -0.15) is 0 Å². The van der Waals surface area contributed by atoms with Crippen LogP contribution in [0.2, 0.25) is 0 Å². The lowest BCUT2D eigenvalue weighted by Crippen LogP contribution is -2.47. The zero-order valence-electron chi connectivity index (χ0n) is 20.8. The van der Waals surface area contributed by atoms with E-state index >= 15 is 0 Å². The van der Waals surface area contributed by atoms with Crippen molar-refractivity contribution < 1.29 is 14.3 Å². The molecule has 37 heavy (non-hydrogen) atoms. The van der Waals surface area contributed by atoms with Crippen LogP contribution in [-0.2, 0) is 4.79 Å². The number of alkyl halides is 2. The lowest BCUT2D eigenvalue weighted by atomic mass is 10.1. The van der Waals surface area contributed by atoms with Gasteiger partial charge in [-0.25, -0.2) is 0 Å². The van der Waals surface area contributed by atoms with E-state index in [1.807, 2.05) is 61.5 Å². The fraction of sp³-hybridized carbons (Fsp3) is 0.286. The fourth-order valence-electron chi connectivity index (χ4n) is 4.45. The molecule has 0 radical (unpaired) electrons. The Morgan fingerprint density at radius 1 is 0.865 bits per heavy atom. The van der Waals surface area contributed by atoms with Gasteiger partial charge in [0.2, 0.25) is 0 Å². The van der Waals surface area contributed by atoms with Gasteiger partial charge < -0.3 is 25.2 Å². The van der Waals surface area contributed by atoms with Crippen molar-refractivity contribution in [3.8, 4) is 5.75 Å². The first-order chi connectivity index (χ1) is 17.9. The molecule has 7 nitrogen and oxygen atoms in total. The number of hydrogen-bond donors (Lipinski definition) is 2. The number of ether oxygens (including phenoxy) is 1. The zero-order chi connectivity index (χ0) is 26.4. The average molecular weight is 541 g/mol. The topological polar surface area (TPSA) is 73.9 Å². The molecular weight excluding hydrogens is 511 g/mol. The van der Waals surface area contributed by atoms with Gasteiger partial charge in [0.05, 0.1) is 24.4 Å². The number of methoxy groups -OCH3 is 1. The van der Waals surface area contributed by atoms with Crippen LogP contribution in [-0.4, -0.2) is 49.9 Å². The third-order valence-electron chi connectivity index (χ3n) is 6.40. The standard InChI is InChI=1S/C28H30Cl2N4O3/c1-19(20-8-4-3-5-9-20)31-27(35)22-18-21(32-28(36)26(29)30)12-13-23(22)33-14-16-34(17-15-33)24-10-6-7-11-25(24)37-2/h3-13,18-19,26H,14-17H2,1-2H3,(H,31,35)(H,32,36). The number of para-hydroxylation sites is 2. The van der Waals surface area contributed by atoms with Crippen LogP contribution in [0.15, 0.2) is 72.8 Å². The van der Waals surface area contributed by atoms with E-state index in [-0.39, 0.29) is 11.9 Å².